The Balaban J connectivity index is 0.00000162. The van der Waals surface area contributed by atoms with Crippen LogP contribution in [-0.2, 0) is 6.54 Å². The molecule has 1 fully saturated rings. The van der Waals surface area contributed by atoms with Crippen molar-refractivity contribution in [2.24, 2.45) is 11.7 Å². The molecule has 0 radical (unpaired) electrons. The highest BCUT2D eigenvalue weighted by molar-refractivity contribution is 6.30. The minimum atomic E-state index is -0.269. The molecule has 5 heteroatoms. The lowest BCUT2D eigenvalue weighted by molar-refractivity contribution is 0.157. The third-order valence-electron chi connectivity index (χ3n) is 3.38. The number of nitrogens with zero attached hydrogens (tertiary/aromatic N) is 1. The van der Waals surface area contributed by atoms with Gasteiger partial charge in [0.1, 0.15) is 5.82 Å². The third-order valence-corrected chi connectivity index (χ3v) is 3.60. The molecule has 0 bridgehead atoms. The van der Waals surface area contributed by atoms with Crippen molar-refractivity contribution >= 4 is 24.0 Å². The first-order valence-electron chi connectivity index (χ1n) is 5.97. The predicted octanol–water partition coefficient (Wildman–Crippen LogP) is 3.07. The normalized spacial score (nSPS) is 24.7. The predicted molar refractivity (Wildman–Crippen MR) is 75.7 cm³/mol. The molecule has 0 aromatic heterocycles. The molecule has 0 saturated carbocycles. The van der Waals surface area contributed by atoms with Crippen molar-refractivity contribution in [1.29, 1.82) is 0 Å². The van der Waals surface area contributed by atoms with Gasteiger partial charge in [-0.15, -0.1) is 12.4 Å². The number of likely N-dealkylation sites (tertiary alicyclic amines) is 1. The second kappa shape index (κ2) is 6.71. The van der Waals surface area contributed by atoms with E-state index in [-0.39, 0.29) is 18.2 Å². The Bertz CT molecular complexity index is 380. The lowest BCUT2D eigenvalue weighted by Crippen LogP contribution is -2.45. The maximum Gasteiger partial charge on any atom is 0.125 e. The fourth-order valence-electron chi connectivity index (χ4n) is 2.35. The van der Waals surface area contributed by atoms with E-state index in [0.717, 1.165) is 31.6 Å². The van der Waals surface area contributed by atoms with E-state index in [1.54, 1.807) is 6.07 Å². The molecular formula is C13H19Cl2FN2. The highest BCUT2D eigenvalue weighted by atomic mass is 35.5. The lowest BCUT2D eigenvalue weighted by Gasteiger charge is -2.35. The van der Waals surface area contributed by atoms with Gasteiger partial charge in [-0.05, 0) is 42.6 Å². The molecule has 0 amide bonds. The molecule has 2 unspecified atom stereocenters. The van der Waals surface area contributed by atoms with Gasteiger partial charge in [-0.1, -0.05) is 18.5 Å². The van der Waals surface area contributed by atoms with Crippen LogP contribution in [0.3, 0.4) is 0 Å². The van der Waals surface area contributed by atoms with Crippen molar-refractivity contribution in [2.75, 3.05) is 13.1 Å². The van der Waals surface area contributed by atoms with Crippen LogP contribution in [0.15, 0.2) is 18.2 Å². The summed E-state index contributed by atoms with van der Waals surface area (Å²) in [5.41, 5.74) is 6.90. The van der Waals surface area contributed by atoms with Crippen LogP contribution in [0.1, 0.15) is 18.9 Å². The van der Waals surface area contributed by atoms with Gasteiger partial charge in [0.25, 0.3) is 0 Å². The van der Waals surface area contributed by atoms with Crippen LogP contribution < -0.4 is 5.73 Å². The molecule has 102 valence electrons. The van der Waals surface area contributed by atoms with E-state index in [1.165, 1.54) is 6.07 Å². The molecular weight excluding hydrogens is 274 g/mol. The van der Waals surface area contributed by atoms with Crippen LogP contribution in [-0.4, -0.2) is 24.0 Å². The topological polar surface area (TPSA) is 29.3 Å². The molecule has 2 rings (SSSR count). The smallest absolute Gasteiger partial charge is 0.125 e. The molecule has 0 spiro atoms. The van der Waals surface area contributed by atoms with Crippen LogP contribution in [0.2, 0.25) is 5.02 Å². The summed E-state index contributed by atoms with van der Waals surface area (Å²) in [7, 11) is 0. The number of rotatable bonds is 2. The van der Waals surface area contributed by atoms with Crippen molar-refractivity contribution in [2.45, 2.75) is 25.9 Å². The van der Waals surface area contributed by atoms with Gasteiger partial charge < -0.3 is 5.73 Å². The second-order valence-electron chi connectivity index (χ2n) is 4.94. The lowest BCUT2D eigenvalue weighted by atomic mass is 9.94. The minimum Gasteiger partial charge on any atom is -0.327 e. The van der Waals surface area contributed by atoms with Gasteiger partial charge in [0.2, 0.25) is 0 Å². The van der Waals surface area contributed by atoms with E-state index >= 15 is 0 Å². The first kappa shape index (κ1) is 15.7. The van der Waals surface area contributed by atoms with Gasteiger partial charge in [0, 0.05) is 24.2 Å². The molecule has 1 aromatic carbocycles. The number of nitrogens with two attached hydrogens (primary N) is 1. The first-order valence-corrected chi connectivity index (χ1v) is 6.35. The van der Waals surface area contributed by atoms with Crippen molar-refractivity contribution in [1.82, 2.24) is 4.90 Å². The third kappa shape index (κ3) is 4.09. The van der Waals surface area contributed by atoms with E-state index in [1.807, 2.05) is 6.07 Å². The van der Waals surface area contributed by atoms with Crippen LogP contribution in [0.4, 0.5) is 4.39 Å². The molecule has 1 aliphatic rings. The summed E-state index contributed by atoms with van der Waals surface area (Å²) < 4.78 is 13.2. The van der Waals surface area contributed by atoms with Crippen LogP contribution >= 0.6 is 24.0 Å². The molecule has 1 aliphatic heterocycles. The van der Waals surface area contributed by atoms with Gasteiger partial charge >= 0.3 is 0 Å². The van der Waals surface area contributed by atoms with Crippen molar-refractivity contribution in [3.8, 4) is 0 Å². The molecule has 2 nitrogen and oxygen atoms in total. The van der Waals surface area contributed by atoms with E-state index in [0.29, 0.717) is 17.0 Å². The molecule has 2 atom stereocenters. The van der Waals surface area contributed by atoms with E-state index in [2.05, 4.69) is 11.8 Å². The van der Waals surface area contributed by atoms with Crippen LogP contribution in [0.25, 0.3) is 0 Å². The zero-order valence-corrected chi connectivity index (χ0v) is 12.0. The number of hydrogen-bond acceptors (Lipinski definition) is 2. The monoisotopic (exact) mass is 292 g/mol. The fraction of sp³-hybridized carbons (Fsp3) is 0.538. The average Bonchev–Trinajstić information content (AvgIpc) is 2.22. The first-order chi connectivity index (χ1) is 8.04. The quantitative estimate of drug-likeness (QED) is 0.908. The molecule has 1 saturated heterocycles. The Labute approximate surface area is 119 Å². The summed E-state index contributed by atoms with van der Waals surface area (Å²) in [6.07, 6.45) is 1.00. The molecule has 0 aliphatic carbocycles. The Morgan fingerprint density at radius 2 is 2.17 bits per heavy atom. The number of piperidine rings is 1. The van der Waals surface area contributed by atoms with Gasteiger partial charge in [0.15, 0.2) is 0 Å². The second-order valence-corrected chi connectivity index (χ2v) is 5.38. The summed E-state index contributed by atoms with van der Waals surface area (Å²) in [5, 5.41) is 0.460. The minimum absolute atomic E-state index is 0. The van der Waals surface area contributed by atoms with Crippen molar-refractivity contribution in [3.05, 3.63) is 34.6 Å². The number of hydrogen-bond donors (Lipinski definition) is 1. The van der Waals surface area contributed by atoms with Crippen molar-refractivity contribution < 1.29 is 4.39 Å². The van der Waals surface area contributed by atoms with E-state index in [4.69, 9.17) is 17.3 Å². The Morgan fingerprint density at radius 1 is 1.44 bits per heavy atom. The summed E-state index contributed by atoms with van der Waals surface area (Å²) in [6, 6.07) is 5.00. The van der Waals surface area contributed by atoms with E-state index in [9.17, 15) is 4.39 Å². The summed E-state index contributed by atoms with van der Waals surface area (Å²) in [6.45, 7) is 4.85. The SMILES string of the molecule is CC1CN(Cc2cc(F)cc(Cl)c2)CCC1N.Cl. The van der Waals surface area contributed by atoms with Gasteiger partial charge in [0.05, 0.1) is 0 Å². The van der Waals surface area contributed by atoms with Crippen LogP contribution in [0.5, 0.6) is 0 Å². The maximum atomic E-state index is 13.2. The number of benzene rings is 1. The maximum absolute atomic E-state index is 13.2. The highest BCUT2D eigenvalue weighted by Crippen LogP contribution is 2.20. The summed E-state index contributed by atoms with van der Waals surface area (Å²) >= 11 is 5.84. The van der Waals surface area contributed by atoms with Crippen LogP contribution in [0, 0.1) is 11.7 Å². The van der Waals surface area contributed by atoms with E-state index < -0.39 is 0 Å². The molecule has 1 aromatic rings. The largest absolute Gasteiger partial charge is 0.327 e. The summed E-state index contributed by atoms with van der Waals surface area (Å²) in [4.78, 5) is 2.30. The van der Waals surface area contributed by atoms with Crippen molar-refractivity contribution in [3.63, 3.8) is 0 Å². The van der Waals surface area contributed by atoms with Gasteiger partial charge in [-0.2, -0.15) is 0 Å². The highest BCUT2D eigenvalue weighted by Gasteiger charge is 2.22. The van der Waals surface area contributed by atoms with Gasteiger partial charge in [-0.25, -0.2) is 4.39 Å². The summed E-state index contributed by atoms with van der Waals surface area (Å²) in [5.74, 6) is 0.224. The fourth-order valence-corrected chi connectivity index (χ4v) is 2.60. The Hall–Kier alpha value is -0.350. The van der Waals surface area contributed by atoms with Gasteiger partial charge in [-0.3, -0.25) is 4.90 Å². The number of halogens is 3. The molecule has 2 N–H and O–H groups in total. The molecule has 1 heterocycles. The zero-order valence-electron chi connectivity index (χ0n) is 10.4. The Morgan fingerprint density at radius 3 is 2.78 bits per heavy atom. The standard InChI is InChI=1S/C13H18ClFN2.ClH/c1-9-7-17(3-2-13(9)16)8-10-4-11(14)6-12(15)5-10;/h4-6,9,13H,2-3,7-8,16H2,1H3;1H. The zero-order chi connectivity index (χ0) is 12.4. The average molecular weight is 293 g/mol. The molecule has 18 heavy (non-hydrogen) atoms. The Kier molecular flexibility index (Phi) is 5.86.